The van der Waals surface area contributed by atoms with Gasteiger partial charge in [0.25, 0.3) is 0 Å². The minimum absolute atomic E-state index is 0.0904. The van der Waals surface area contributed by atoms with E-state index >= 15 is 0 Å². The van der Waals surface area contributed by atoms with Crippen molar-refractivity contribution in [1.82, 2.24) is 9.78 Å². The van der Waals surface area contributed by atoms with Crippen molar-refractivity contribution in [2.24, 2.45) is 0 Å². The summed E-state index contributed by atoms with van der Waals surface area (Å²) in [5, 5.41) is 14.9. The topological polar surface area (TPSA) is 84.2 Å². The number of carbonyl (C=O) groups is 2. The predicted molar refractivity (Wildman–Crippen MR) is 53.4 cm³/mol. The van der Waals surface area contributed by atoms with Crippen molar-refractivity contribution in [2.45, 2.75) is 26.3 Å². The van der Waals surface area contributed by atoms with Gasteiger partial charge in [-0.25, -0.2) is 0 Å². The van der Waals surface area contributed by atoms with E-state index in [4.69, 9.17) is 5.11 Å². The number of nitrogens with zero attached hydrogens (tertiary/aromatic N) is 2. The van der Waals surface area contributed by atoms with Crippen LogP contribution in [-0.4, -0.2) is 26.8 Å². The van der Waals surface area contributed by atoms with E-state index in [0.717, 1.165) is 6.42 Å². The molecule has 0 unspecified atom stereocenters. The van der Waals surface area contributed by atoms with Crippen LogP contribution in [0, 0.1) is 0 Å². The van der Waals surface area contributed by atoms with E-state index in [1.807, 2.05) is 6.92 Å². The molecule has 0 atom stereocenters. The van der Waals surface area contributed by atoms with Crippen LogP contribution >= 0.6 is 0 Å². The highest BCUT2D eigenvalue weighted by Gasteiger charge is 2.05. The van der Waals surface area contributed by atoms with Crippen molar-refractivity contribution in [1.29, 1.82) is 0 Å². The lowest BCUT2D eigenvalue weighted by Gasteiger charge is -1.99. The van der Waals surface area contributed by atoms with E-state index in [-0.39, 0.29) is 12.5 Å². The van der Waals surface area contributed by atoms with Gasteiger partial charge in [-0.15, -0.1) is 0 Å². The number of hydrogen-bond acceptors (Lipinski definition) is 3. The maximum absolute atomic E-state index is 11.2. The van der Waals surface area contributed by atoms with Crippen LogP contribution in [0.2, 0.25) is 0 Å². The van der Waals surface area contributed by atoms with E-state index in [1.165, 1.54) is 17.1 Å². The van der Waals surface area contributed by atoms with Crippen molar-refractivity contribution in [2.75, 3.05) is 5.32 Å². The van der Waals surface area contributed by atoms with E-state index < -0.39 is 5.97 Å². The van der Waals surface area contributed by atoms with Gasteiger partial charge in [-0.2, -0.15) is 5.10 Å². The molecule has 0 aromatic carbocycles. The maximum atomic E-state index is 11.2. The molecule has 82 valence electrons. The highest BCUT2D eigenvalue weighted by Crippen LogP contribution is 2.05. The highest BCUT2D eigenvalue weighted by molar-refractivity contribution is 5.90. The zero-order chi connectivity index (χ0) is 11.3. The van der Waals surface area contributed by atoms with Gasteiger partial charge in [0.2, 0.25) is 5.91 Å². The van der Waals surface area contributed by atoms with Gasteiger partial charge < -0.3 is 10.4 Å². The molecule has 0 aliphatic heterocycles. The molecule has 1 aromatic rings. The molecule has 0 aliphatic rings. The Morgan fingerprint density at radius 3 is 2.93 bits per heavy atom. The first-order chi connectivity index (χ1) is 7.11. The largest absolute Gasteiger partial charge is 0.480 e. The van der Waals surface area contributed by atoms with E-state index in [2.05, 4.69) is 10.4 Å². The Morgan fingerprint density at radius 1 is 1.60 bits per heavy atom. The standard InChI is InChI=1S/C9H13N3O3/c1-2-3-8(13)11-7-4-10-12(5-7)6-9(14)15/h4-5H,2-3,6H2,1H3,(H,11,13)(H,14,15). The third-order valence-electron chi connectivity index (χ3n) is 1.69. The summed E-state index contributed by atoms with van der Waals surface area (Å²) in [7, 11) is 0. The molecule has 6 nitrogen and oxygen atoms in total. The molecule has 0 saturated carbocycles. The number of hydrogen-bond donors (Lipinski definition) is 2. The molecule has 1 rings (SSSR count). The van der Waals surface area contributed by atoms with Gasteiger partial charge in [-0.05, 0) is 6.42 Å². The van der Waals surface area contributed by atoms with Crippen LogP contribution in [0.5, 0.6) is 0 Å². The minimum Gasteiger partial charge on any atom is -0.480 e. The zero-order valence-corrected chi connectivity index (χ0v) is 8.43. The number of carbonyl (C=O) groups excluding carboxylic acids is 1. The van der Waals surface area contributed by atoms with Crippen LogP contribution in [0.1, 0.15) is 19.8 Å². The molecule has 1 aromatic heterocycles. The third-order valence-corrected chi connectivity index (χ3v) is 1.69. The first kappa shape index (κ1) is 11.2. The lowest BCUT2D eigenvalue weighted by molar-refractivity contribution is -0.137. The van der Waals surface area contributed by atoms with Crippen LogP contribution in [0.25, 0.3) is 0 Å². The minimum atomic E-state index is -0.968. The Hall–Kier alpha value is -1.85. The summed E-state index contributed by atoms with van der Waals surface area (Å²) < 4.78 is 1.25. The average Bonchev–Trinajstić information content (AvgIpc) is 2.51. The number of carboxylic acids is 1. The van der Waals surface area contributed by atoms with Crippen molar-refractivity contribution < 1.29 is 14.7 Å². The molecular formula is C9H13N3O3. The quantitative estimate of drug-likeness (QED) is 0.751. The fourth-order valence-corrected chi connectivity index (χ4v) is 1.10. The van der Waals surface area contributed by atoms with E-state index in [9.17, 15) is 9.59 Å². The van der Waals surface area contributed by atoms with Crippen molar-refractivity contribution >= 4 is 17.6 Å². The SMILES string of the molecule is CCCC(=O)Nc1cnn(CC(=O)O)c1. The van der Waals surface area contributed by atoms with E-state index in [1.54, 1.807) is 0 Å². The normalized spacial score (nSPS) is 9.93. The number of aliphatic carboxylic acids is 1. The molecule has 0 spiro atoms. The molecule has 0 bridgehead atoms. The highest BCUT2D eigenvalue weighted by atomic mass is 16.4. The molecule has 1 amide bonds. The number of anilines is 1. The Balaban J connectivity index is 2.52. The summed E-state index contributed by atoms with van der Waals surface area (Å²) in [5.41, 5.74) is 0.523. The molecule has 0 fully saturated rings. The monoisotopic (exact) mass is 211 g/mol. The van der Waals surface area contributed by atoms with Gasteiger partial charge in [-0.3, -0.25) is 14.3 Å². The van der Waals surface area contributed by atoms with Crippen LogP contribution in [0.3, 0.4) is 0 Å². The number of amides is 1. The summed E-state index contributed by atoms with van der Waals surface area (Å²) in [6.45, 7) is 1.71. The molecule has 15 heavy (non-hydrogen) atoms. The number of nitrogens with one attached hydrogen (secondary N) is 1. The van der Waals surface area contributed by atoms with Gasteiger partial charge in [-0.1, -0.05) is 6.92 Å². The summed E-state index contributed by atoms with van der Waals surface area (Å²) in [6, 6.07) is 0. The number of carboxylic acid groups (broad SMARTS) is 1. The summed E-state index contributed by atoms with van der Waals surface area (Å²) in [6.07, 6.45) is 4.14. The Bertz CT molecular complexity index is 359. The smallest absolute Gasteiger partial charge is 0.325 e. The lowest BCUT2D eigenvalue weighted by Crippen LogP contribution is -2.10. The molecule has 1 heterocycles. The fraction of sp³-hybridized carbons (Fsp3) is 0.444. The predicted octanol–water partition coefficient (Wildman–Crippen LogP) is 0.706. The lowest BCUT2D eigenvalue weighted by atomic mass is 10.3. The second-order valence-electron chi connectivity index (χ2n) is 3.12. The molecular weight excluding hydrogens is 198 g/mol. The molecule has 0 saturated heterocycles. The Labute approximate surface area is 86.9 Å². The molecule has 0 radical (unpaired) electrons. The number of aromatic nitrogens is 2. The van der Waals surface area contributed by atoms with Gasteiger partial charge in [0.1, 0.15) is 6.54 Å². The summed E-state index contributed by atoms with van der Waals surface area (Å²) in [5.74, 6) is -1.06. The zero-order valence-electron chi connectivity index (χ0n) is 8.43. The van der Waals surface area contributed by atoms with Crippen molar-refractivity contribution in [3.63, 3.8) is 0 Å². The van der Waals surface area contributed by atoms with Gasteiger partial charge in [0.15, 0.2) is 0 Å². The summed E-state index contributed by atoms with van der Waals surface area (Å²) >= 11 is 0. The second-order valence-corrected chi connectivity index (χ2v) is 3.12. The van der Waals surface area contributed by atoms with Crippen LogP contribution in [0.4, 0.5) is 5.69 Å². The Morgan fingerprint density at radius 2 is 2.33 bits per heavy atom. The maximum Gasteiger partial charge on any atom is 0.325 e. The van der Waals surface area contributed by atoms with Gasteiger partial charge in [0.05, 0.1) is 11.9 Å². The van der Waals surface area contributed by atoms with E-state index in [0.29, 0.717) is 12.1 Å². The molecule has 6 heteroatoms. The van der Waals surface area contributed by atoms with Crippen molar-refractivity contribution in [3.05, 3.63) is 12.4 Å². The average molecular weight is 211 g/mol. The fourth-order valence-electron chi connectivity index (χ4n) is 1.10. The Kier molecular flexibility index (Phi) is 3.84. The number of rotatable bonds is 5. The van der Waals surface area contributed by atoms with Crippen LogP contribution in [0.15, 0.2) is 12.4 Å². The molecule has 0 aliphatic carbocycles. The first-order valence-corrected chi connectivity index (χ1v) is 4.66. The van der Waals surface area contributed by atoms with Crippen LogP contribution < -0.4 is 5.32 Å². The van der Waals surface area contributed by atoms with Gasteiger partial charge in [0, 0.05) is 12.6 Å². The van der Waals surface area contributed by atoms with Crippen LogP contribution in [-0.2, 0) is 16.1 Å². The van der Waals surface area contributed by atoms with Crippen molar-refractivity contribution in [3.8, 4) is 0 Å². The third kappa shape index (κ3) is 3.80. The summed E-state index contributed by atoms with van der Waals surface area (Å²) in [4.78, 5) is 21.5. The second kappa shape index (κ2) is 5.14. The first-order valence-electron chi connectivity index (χ1n) is 4.66. The van der Waals surface area contributed by atoms with Gasteiger partial charge >= 0.3 is 5.97 Å². The molecule has 2 N–H and O–H groups in total.